The largest absolute Gasteiger partial charge is 0.356 e. The van der Waals surface area contributed by atoms with Crippen LogP contribution in [0.15, 0.2) is 15.7 Å². The van der Waals surface area contributed by atoms with E-state index in [0.29, 0.717) is 16.8 Å². The molecular weight excluding hydrogens is 222 g/mol. The fraction of sp³-hybridized carbons (Fsp3) is 0.545. The van der Waals surface area contributed by atoms with E-state index in [1.807, 2.05) is 0 Å². The normalized spacial score (nSPS) is 16.9. The monoisotopic (exact) mass is 237 g/mol. The fourth-order valence-corrected chi connectivity index (χ4v) is 2.41. The van der Waals surface area contributed by atoms with Gasteiger partial charge in [-0.1, -0.05) is 19.3 Å². The Morgan fingerprint density at radius 1 is 1.24 bits per heavy atom. The zero-order valence-electron chi connectivity index (χ0n) is 9.46. The average molecular weight is 237 g/mol. The molecule has 0 bridgehead atoms. The van der Waals surface area contributed by atoms with Crippen molar-refractivity contribution in [2.24, 2.45) is 0 Å². The van der Waals surface area contributed by atoms with Crippen molar-refractivity contribution < 1.29 is 4.79 Å². The summed E-state index contributed by atoms with van der Waals surface area (Å²) in [6.45, 7) is 0. The maximum atomic E-state index is 11.7. The molecule has 1 heterocycles. The Hall–Kier alpha value is -1.85. The summed E-state index contributed by atoms with van der Waals surface area (Å²) in [5.74, 6) is 5.38. The first-order valence-corrected chi connectivity index (χ1v) is 5.74. The van der Waals surface area contributed by atoms with E-state index in [4.69, 9.17) is 5.84 Å². The summed E-state index contributed by atoms with van der Waals surface area (Å²) < 4.78 is 1.40. The smallest absolute Gasteiger partial charge is 0.332 e. The zero-order chi connectivity index (χ0) is 12.4. The number of carbonyl (C=O) groups excluding carboxylic acids is 1. The van der Waals surface area contributed by atoms with Gasteiger partial charge in [-0.3, -0.25) is 9.59 Å². The van der Waals surface area contributed by atoms with Gasteiger partial charge in [0.05, 0.1) is 0 Å². The molecule has 6 heteroatoms. The Morgan fingerprint density at radius 3 is 2.47 bits per heavy atom. The summed E-state index contributed by atoms with van der Waals surface area (Å²) in [4.78, 5) is 34.1. The van der Waals surface area contributed by atoms with Gasteiger partial charge in [0.2, 0.25) is 6.41 Å². The van der Waals surface area contributed by atoms with Gasteiger partial charge in [0, 0.05) is 17.7 Å². The Kier molecular flexibility index (Phi) is 3.12. The minimum atomic E-state index is -0.770. The van der Waals surface area contributed by atoms with Crippen LogP contribution in [-0.2, 0) is 4.79 Å². The second-order valence-corrected chi connectivity index (χ2v) is 4.37. The first kappa shape index (κ1) is 11.6. The summed E-state index contributed by atoms with van der Waals surface area (Å²) in [5, 5.41) is 0. The van der Waals surface area contributed by atoms with Crippen LogP contribution in [-0.4, -0.2) is 15.7 Å². The third kappa shape index (κ3) is 2.02. The zero-order valence-corrected chi connectivity index (χ0v) is 9.46. The fourth-order valence-electron chi connectivity index (χ4n) is 2.41. The van der Waals surface area contributed by atoms with Crippen LogP contribution in [0.25, 0.3) is 0 Å². The quantitative estimate of drug-likeness (QED) is 0.570. The lowest BCUT2D eigenvalue weighted by Gasteiger charge is -2.23. The molecule has 0 atom stereocenters. The molecule has 0 saturated heterocycles. The van der Waals surface area contributed by atoms with Crippen molar-refractivity contribution in [1.82, 2.24) is 9.24 Å². The van der Waals surface area contributed by atoms with Gasteiger partial charge in [0.15, 0.2) is 0 Å². The number of carbonyl (C=O) groups is 1. The summed E-state index contributed by atoms with van der Waals surface area (Å²) in [5.41, 5.74) is -0.835. The van der Waals surface area contributed by atoms with Crippen molar-refractivity contribution in [2.45, 2.75) is 38.0 Å². The summed E-state index contributed by atoms with van der Waals surface area (Å²) in [6, 6.07) is 1.30. The molecule has 1 aliphatic rings. The second kappa shape index (κ2) is 4.57. The predicted octanol–water partition coefficient (Wildman–Crippen LogP) is -0.190. The first-order valence-electron chi connectivity index (χ1n) is 5.74. The number of hydrogen-bond donors (Lipinski definition) is 1. The predicted molar refractivity (Wildman–Crippen MR) is 63.1 cm³/mol. The van der Waals surface area contributed by atoms with E-state index >= 15 is 0 Å². The van der Waals surface area contributed by atoms with Gasteiger partial charge < -0.3 is 5.84 Å². The highest BCUT2D eigenvalue weighted by Gasteiger charge is 2.20. The van der Waals surface area contributed by atoms with E-state index in [2.05, 4.69) is 0 Å². The van der Waals surface area contributed by atoms with Gasteiger partial charge in [-0.2, -0.15) is 4.68 Å². The molecule has 1 aromatic heterocycles. The van der Waals surface area contributed by atoms with Crippen LogP contribution < -0.4 is 17.1 Å². The molecule has 6 nitrogen and oxygen atoms in total. The molecule has 0 amide bonds. The maximum absolute atomic E-state index is 11.7. The van der Waals surface area contributed by atoms with Gasteiger partial charge in [0.1, 0.15) is 0 Å². The lowest BCUT2D eigenvalue weighted by Crippen LogP contribution is -2.45. The van der Waals surface area contributed by atoms with Crippen molar-refractivity contribution in [3.05, 3.63) is 32.6 Å². The Bertz CT molecular complexity index is 538. The number of nitrogen functional groups attached to an aromatic ring is 1. The number of aromatic nitrogens is 2. The van der Waals surface area contributed by atoms with Crippen molar-refractivity contribution in [1.29, 1.82) is 0 Å². The van der Waals surface area contributed by atoms with E-state index in [-0.39, 0.29) is 5.92 Å². The molecule has 0 unspecified atom stereocenters. The number of nitrogens with two attached hydrogens (primary N) is 1. The highest BCUT2D eigenvalue weighted by Crippen LogP contribution is 2.31. The number of hydrogen-bond acceptors (Lipinski definition) is 4. The summed E-state index contributed by atoms with van der Waals surface area (Å²) >= 11 is 0. The SMILES string of the molecule is Nn1c(=O)cc(C2CCCCC2)n(C=O)c1=O. The van der Waals surface area contributed by atoms with Gasteiger partial charge in [-0.25, -0.2) is 9.36 Å². The van der Waals surface area contributed by atoms with E-state index in [1.54, 1.807) is 0 Å². The van der Waals surface area contributed by atoms with Crippen LogP contribution in [0.5, 0.6) is 0 Å². The number of rotatable bonds is 2. The topological polar surface area (TPSA) is 87.1 Å². The minimum absolute atomic E-state index is 0.107. The molecule has 1 aliphatic carbocycles. The van der Waals surface area contributed by atoms with E-state index in [1.165, 1.54) is 6.07 Å². The maximum Gasteiger partial charge on any atom is 0.356 e. The summed E-state index contributed by atoms with van der Waals surface area (Å²) in [7, 11) is 0. The highest BCUT2D eigenvalue weighted by molar-refractivity contribution is 5.53. The Balaban J connectivity index is 2.56. The van der Waals surface area contributed by atoms with Crippen LogP contribution in [0, 0.1) is 0 Å². The molecule has 0 aliphatic heterocycles. The standard InChI is InChI=1S/C11H15N3O3/c12-14-10(16)6-9(13(7-15)11(14)17)8-4-2-1-3-5-8/h6-8H,1-5,12H2. The summed E-state index contributed by atoms with van der Waals surface area (Å²) in [6.07, 6.45) is 5.51. The highest BCUT2D eigenvalue weighted by atomic mass is 16.2. The van der Waals surface area contributed by atoms with Crippen LogP contribution in [0.3, 0.4) is 0 Å². The first-order chi connectivity index (χ1) is 8.15. The molecule has 17 heavy (non-hydrogen) atoms. The third-order valence-electron chi connectivity index (χ3n) is 3.33. The molecule has 1 fully saturated rings. The minimum Gasteiger partial charge on any atom is -0.332 e. The van der Waals surface area contributed by atoms with Crippen LogP contribution in [0.1, 0.15) is 43.7 Å². The van der Waals surface area contributed by atoms with Gasteiger partial charge >= 0.3 is 5.69 Å². The molecule has 0 aromatic carbocycles. The molecular formula is C11H15N3O3. The van der Waals surface area contributed by atoms with Crippen molar-refractivity contribution in [3.63, 3.8) is 0 Å². The molecule has 0 radical (unpaired) electrons. The van der Waals surface area contributed by atoms with Crippen molar-refractivity contribution >= 4 is 6.41 Å². The van der Waals surface area contributed by atoms with Crippen LogP contribution in [0.4, 0.5) is 0 Å². The van der Waals surface area contributed by atoms with Crippen molar-refractivity contribution in [3.8, 4) is 0 Å². The van der Waals surface area contributed by atoms with Crippen LogP contribution >= 0.6 is 0 Å². The van der Waals surface area contributed by atoms with Gasteiger partial charge in [-0.15, -0.1) is 0 Å². The Morgan fingerprint density at radius 2 is 1.88 bits per heavy atom. The van der Waals surface area contributed by atoms with Crippen molar-refractivity contribution in [2.75, 3.05) is 5.84 Å². The van der Waals surface area contributed by atoms with E-state index in [9.17, 15) is 14.4 Å². The second-order valence-electron chi connectivity index (χ2n) is 4.37. The molecule has 2 N–H and O–H groups in total. The van der Waals surface area contributed by atoms with Crippen LogP contribution in [0.2, 0.25) is 0 Å². The van der Waals surface area contributed by atoms with Gasteiger partial charge in [-0.05, 0) is 12.8 Å². The molecule has 92 valence electrons. The third-order valence-corrected chi connectivity index (χ3v) is 3.33. The molecule has 2 rings (SSSR count). The van der Waals surface area contributed by atoms with E-state index in [0.717, 1.165) is 36.7 Å². The average Bonchev–Trinajstić information content (AvgIpc) is 2.36. The lowest BCUT2D eigenvalue weighted by molar-refractivity contribution is 0.426. The lowest BCUT2D eigenvalue weighted by atomic mass is 9.86. The molecule has 1 saturated carbocycles. The molecule has 0 spiro atoms. The van der Waals surface area contributed by atoms with Gasteiger partial charge in [0.25, 0.3) is 5.56 Å². The van der Waals surface area contributed by atoms with E-state index < -0.39 is 11.2 Å². The Labute approximate surface area is 97.6 Å². The molecule has 1 aromatic rings. The number of nitrogens with zero attached hydrogens (tertiary/aromatic N) is 2.